The van der Waals surface area contributed by atoms with Gasteiger partial charge in [0, 0.05) is 19.1 Å². The number of aromatic nitrogens is 2. The quantitative estimate of drug-likeness (QED) is 0.231. The Bertz CT molecular complexity index is 833. The summed E-state index contributed by atoms with van der Waals surface area (Å²) in [5.74, 6) is 1.27. The molecule has 1 aliphatic carbocycles. The number of nitrogens with zero attached hydrogens (tertiary/aromatic N) is 4. The first kappa shape index (κ1) is 23.0. The summed E-state index contributed by atoms with van der Waals surface area (Å²) in [4.78, 5) is 4.68. The first-order chi connectivity index (χ1) is 13.7. The highest BCUT2D eigenvalue weighted by atomic mass is 127. The molecule has 4 N–H and O–H groups in total. The molecular formula is C21H30IN7. The maximum Gasteiger partial charge on any atom is 0.191 e. The van der Waals surface area contributed by atoms with Gasteiger partial charge in [0.1, 0.15) is 17.5 Å². The van der Waals surface area contributed by atoms with Gasteiger partial charge in [0.05, 0.1) is 11.4 Å². The SMILES string of the molecule is CCNC(=NCCCc1nn(-c2ccccc2)c(N)c1C#N)NC1CCCC1.I. The van der Waals surface area contributed by atoms with Crippen LogP contribution in [0, 0.1) is 11.3 Å². The Morgan fingerprint density at radius 1 is 1.31 bits per heavy atom. The first-order valence-corrected chi connectivity index (χ1v) is 10.1. The van der Waals surface area contributed by atoms with E-state index in [0.29, 0.717) is 30.4 Å². The second-order valence-corrected chi connectivity index (χ2v) is 7.06. The second kappa shape index (κ2) is 11.7. The van der Waals surface area contributed by atoms with Crippen LogP contribution in [0.5, 0.6) is 0 Å². The third-order valence-corrected chi connectivity index (χ3v) is 4.99. The second-order valence-electron chi connectivity index (χ2n) is 7.06. The largest absolute Gasteiger partial charge is 0.382 e. The van der Waals surface area contributed by atoms with Crippen molar-refractivity contribution in [3.63, 3.8) is 0 Å². The lowest BCUT2D eigenvalue weighted by Gasteiger charge is -2.16. The molecule has 1 aliphatic rings. The van der Waals surface area contributed by atoms with E-state index in [4.69, 9.17) is 5.73 Å². The van der Waals surface area contributed by atoms with Gasteiger partial charge in [-0.1, -0.05) is 31.0 Å². The Kier molecular flexibility index (Phi) is 9.25. The maximum atomic E-state index is 9.50. The minimum absolute atomic E-state index is 0. The average molecular weight is 507 g/mol. The van der Waals surface area contributed by atoms with E-state index in [-0.39, 0.29) is 24.0 Å². The third kappa shape index (κ3) is 6.10. The lowest BCUT2D eigenvalue weighted by atomic mass is 10.1. The smallest absolute Gasteiger partial charge is 0.191 e. The van der Waals surface area contributed by atoms with E-state index < -0.39 is 0 Å². The van der Waals surface area contributed by atoms with E-state index in [1.807, 2.05) is 30.3 Å². The Balaban J connectivity index is 0.00000300. The zero-order chi connectivity index (χ0) is 19.8. The topological polar surface area (TPSA) is 104 Å². The van der Waals surface area contributed by atoms with Crippen molar-refractivity contribution < 1.29 is 0 Å². The zero-order valence-corrected chi connectivity index (χ0v) is 19.2. The molecule has 29 heavy (non-hydrogen) atoms. The van der Waals surface area contributed by atoms with Gasteiger partial charge in [-0.15, -0.1) is 24.0 Å². The number of nitrogens with one attached hydrogen (secondary N) is 2. The summed E-state index contributed by atoms with van der Waals surface area (Å²) < 4.78 is 1.64. The van der Waals surface area contributed by atoms with E-state index in [2.05, 4.69) is 33.7 Å². The molecule has 0 unspecified atom stereocenters. The van der Waals surface area contributed by atoms with Crippen molar-refractivity contribution in [2.24, 2.45) is 4.99 Å². The van der Waals surface area contributed by atoms with E-state index in [1.165, 1.54) is 25.7 Å². The lowest BCUT2D eigenvalue weighted by Crippen LogP contribution is -2.42. The van der Waals surface area contributed by atoms with Gasteiger partial charge in [-0.25, -0.2) is 4.68 Å². The van der Waals surface area contributed by atoms with Crippen LogP contribution in [0.1, 0.15) is 50.3 Å². The number of benzene rings is 1. The number of rotatable bonds is 7. The maximum absolute atomic E-state index is 9.50. The Morgan fingerprint density at radius 2 is 2.03 bits per heavy atom. The van der Waals surface area contributed by atoms with Gasteiger partial charge in [0.25, 0.3) is 0 Å². The summed E-state index contributed by atoms with van der Waals surface area (Å²) in [5.41, 5.74) is 8.21. The summed E-state index contributed by atoms with van der Waals surface area (Å²) in [6.45, 7) is 3.59. The highest BCUT2D eigenvalue weighted by molar-refractivity contribution is 14.0. The van der Waals surface area contributed by atoms with Crippen LogP contribution in [-0.2, 0) is 6.42 Å². The van der Waals surface area contributed by atoms with Crippen LogP contribution in [0.3, 0.4) is 0 Å². The van der Waals surface area contributed by atoms with Crippen LogP contribution in [0.15, 0.2) is 35.3 Å². The number of guanidine groups is 1. The zero-order valence-electron chi connectivity index (χ0n) is 16.9. The Labute approximate surface area is 189 Å². The van der Waals surface area contributed by atoms with E-state index in [0.717, 1.165) is 30.3 Å². The van der Waals surface area contributed by atoms with Crippen molar-refractivity contribution in [2.75, 3.05) is 18.8 Å². The van der Waals surface area contributed by atoms with Gasteiger partial charge in [-0.05, 0) is 44.7 Å². The molecule has 1 saturated carbocycles. The Hall–Kier alpha value is -2.28. The molecule has 8 heteroatoms. The number of halogens is 1. The average Bonchev–Trinajstić information content (AvgIpc) is 3.33. The van der Waals surface area contributed by atoms with Crippen LogP contribution < -0.4 is 16.4 Å². The fourth-order valence-electron chi connectivity index (χ4n) is 3.56. The van der Waals surface area contributed by atoms with Gasteiger partial charge in [0.15, 0.2) is 5.96 Å². The van der Waals surface area contributed by atoms with Crippen molar-refractivity contribution in [1.82, 2.24) is 20.4 Å². The van der Waals surface area contributed by atoms with Gasteiger partial charge >= 0.3 is 0 Å². The van der Waals surface area contributed by atoms with Crippen LogP contribution in [0.2, 0.25) is 0 Å². The number of aliphatic imine (C=N–C) groups is 1. The molecule has 1 aromatic carbocycles. The molecule has 156 valence electrons. The van der Waals surface area contributed by atoms with Gasteiger partial charge in [0.2, 0.25) is 0 Å². The van der Waals surface area contributed by atoms with Gasteiger partial charge < -0.3 is 16.4 Å². The highest BCUT2D eigenvalue weighted by Crippen LogP contribution is 2.21. The van der Waals surface area contributed by atoms with Crippen molar-refractivity contribution >= 4 is 35.8 Å². The molecule has 2 aromatic rings. The molecule has 1 heterocycles. The summed E-state index contributed by atoms with van der Waals surface area (Å²) >= 11 is 0. The molecule has 3 rings (SSSR count). The fourth-order valence-corrected chi connectivity index (χ4v) is 3.56. The summed E-state index contributed by atoms with van der Waals surface area (Å²) in [6, 6.07) is 12.4. The molecule has 0 atom stereocenters. The molecule has 0 saturated heterocycles. The molecule has 1 fully saturated rings. The first-order valence-electron chi connectivity index (χ1n) is 10.1. The number of hydrogen-bond acceptors (Lipinski definition) is 4. The molecule has 7 nitrogen and oxygen atoms in total. The normalized spacial score (nSPS) is 14.3. The monoisotopic (exact) mass is 507 g/mol. The highest BCUT2D eigenvalue weighted by Gasteiger charge is 2.17. The molecule has 0 spiro atoms. The lowest BCUT2D eigenvalue weighted by molar-refractivity contribution is 0.613. The number of nitriles is 1. The molecule has 0 amide bonds. The standard InChI is InChI=1S/C21H29N7.HI/c1-2-24-21(26-16-9-6-7-10-16)25-14-8-13-19-18(15-22)20(23)28(27-19)17-11-4-3-5-12-17;/h3-5,11-12,16H,2,6-10,13-14,23H2,1H3,(H2,24,25,26);1H. The van der Waals surface area contributed by atoms with Crippen LogP contribution in [-0.4, -0.2) is 34.9 Å². The van der Waals surface area contributed by atoms with Crippen LogP contribution >= 0.6 is 24.0 Å². The molecule has 0 bridgehead atoms. The van der Waals surface area contributed by atoms with Crippen LogP contribution in [0.4, 0.5) is 5.82 Å². The minimum atomic E-state index is 0. The van der Waals surface area contributed by atoms with Crippen molar-refractivity contribution in [3.05, 3.63) is 41.6 Å². The number of nitrogen functional groups attached to an aromatic ring is 1. The fraction of sp³-hybridized carbons (Fsp3) is 0.476. The predicted molar refractivity (Wildman–Crippen MR) is 128 cm³/mol. The number of hydrogen-bond donors (Lipinski definition) is 3. The van der Waals surface area contributed by atoms with Crippen molar-refractivity contribution in [3.8, 4) is 11.8 Å². The van der Waals surface area contributed by atoms with Gasteiger partial charge in [-0.3, -0.25) is 4.99 Å². The van der Waals surface area contributed by atoms with Crippen molar-refractivity contribution in [2.45, 2.75) is 51.5 Å². The predicted octanol–water partition coefficient (Wildman–Crippen LogP) is 3.37. The summed E-state index contributed by atoms with van der Waals surface area (Å²) in [5, 5.41) is 20.9. The molecule has 0 aliphatic heterocycles. The van der Waals surface area contributed by atoms with Crippen LogP contribution in [0.25, 0.3) is 5.69 Å². The number of anilines is 1. The minimum Gasteiger partial charge on any atom is -0.382 e. The van der Waals surface area contributed by atoms with E-state index in [9.17, 15) is 5.26 Å². The van der Waals surface area contributed by atoms with Crippen molar-refractivity contribution in [1.29, 1.82) is 5.26 Å². The number of aryl methyl sites for hydroxylation is 1. The molecule has 1 aromatic heterocycles. The van der Waals surface area contributed by atoms with Gasteiger partial charge in [-0.2, -0.15) is 10.4 Å². The Morgan fingerprint density at radius 3 is 2.69 bits per heavy atom. The molecule has 0 radical (unpaired) electrons. The van der Waals surface area contributed by atoms with E-state index in [1.54, 1.807) is 4.68 Å². The number of para-hydroxylation sites is 1. The third-order valence-electron chi connectivity index (χ3n) is 4.99. The molecular weight excluding hydrogens is 477 g/mol. The summed E-state index contributed by atoms with van der Waals surface area (Å²) in [6.07, 6.45) is 6.48. The number of nitrogens with two attached hydrogens (primary N) is 1. The van der Waals surface area contributed by atoms with E-state index >= 15 is 0 Å². The summed E-state index contributed by atoms with van der Waals surface area (Å²) in [7, 11) is 0.